The molecule has 1 unspecified atom stereocenters. The minimum atomic E-state index is -0.523. The minimum absolute atomic E-state index is 0.381. The molecule has 0 spiro atoms. The number of furan rings is 1. The molecule has 1 heterocycles. The van der Waals surface area contributed by atoms with E-state index in [1.807, 2.05) is 0 Å². The Hall–Kier alpha value is -1.81. The molecule has 0 bridgehead atoms. The van der Waals surface area contributed by atoms with Crippen molar-refractivity contribution in [2.24, 2.45) is 5.73 Å². The van der Waals surface area contributed by atoms with Gasteiger partial charge in [0.2, 0.25) is 0 Å². The largest absolute Gasteiger partial charge is 0.497 e. The quantitative estimate of drug-likeness (QED) is 0.866. The monoisotopic (exact) mass is 221 g/mol. The number of hydrogen-bond acceptors (Lipinski definition) is 3. The molecule has 84 valence electrons. The lowest BCUT2D eigenvalue weighted by molar-refractivity contribution is 0.410. The van der Waals surface area contributed by atoms with Crippen molar-refractivity contribution in [1.82, 2.24) is 0 Å². The second kappa shape index (κ2) is 4.37. The van der Waals surface area contributed by atoms with Crippen LogP contribution in [0.5, 0.6) is 5.75 Å². The molecule has 0 aliphatic heterocycles. The van der Waals surface area contributed by atoms with Crippen LogP contribution in [0.3, 0.4) is 0 Å². The van der Waals surface area contributed by atoms with Gasteiger partial charge in [0.1, 0.15) is 11.6 Å². The van der Waals surface area contributed by atoms with Crippen molar-refractivity contribution in [3.8, 4) is 5.75 Å². The second-order valence-electron chi connectivity index (χ2n) is 3.42. The predicted octanol–water partition coefficient (Wildman–Crippen LogP) is 2.48. The zero-order valence-electron chi connectivity index (χ0n) is 8.81. The van der Waals surface area contributed by atoms with Gasteiger partial charge < -0.3 is 14.9 Å². The Morgan fingerprint density at radius 3 is 2.75 bits per heavy atom. The lowest BCUT2D eigenvalue weighted by Gasteiger charge is -2.11. The molecule has 3 nitrogen and oxygen atoms in total. The Morgan fingerprint density at radius 2 is 2.19 bits per heavy atom. The zero-order valence-corrected chi connectivity index (χ0v) is 8.81. The highest BCUT2D eigenvalue weighted by molar-refractivity contribution is 5.35. The molecule has 1 atom stereocenters. The number of ether oxygens (including phenoxy) is 1. The van der Waals surface area contributed by atoms with Gasteiger partial charge in [0.25, 0.3) is 0 Å². The van der Waals surface area contributed by atoms with Gasteiger partial charge in [0, 0.05) is 17.2 Å². The van der Waals surface area contributed by atoms with Crippen molar-refractivity contribution in [2.45, 2.75) is 6.04 Å². The third-order valence-corrected chi connectivity index (χ3v) is 2.44. The standard InChI is InChI=1S/C12H12FNO2/c1-15-9-2-3-10(11(13)6-9)12(14)8-4-5-16-7-8/h2-7,12H,14H2,1H3. The third-order valence-electron chi connectivity index (χ3n) is 2.44. The number of benzene rings is 1. The summed E-state index contributed by atoms with van der Waals surface area (Å²) in [6, 6.07) is 5.80. The Balaban J connectivity index is 2.34. The Labute approximate surface area is 92.6 Å². The van der Waals surface area contributed by atoms with Gasteiger partial charge in [-0.2, -0.15) is 0 Å². The highest BCUT2D eigenvalue weighted by atomic mass is 19.1. The van der Waals surface area contributed by atoms with Gasteiger partial charge in [-0.05, 0) is 12.1 Å². The fourth-order valence-corrected chi connectivity index (χ4v) is 1.52. The zero-order chi connectivity index (χ0) is 11.5. The number of hydrogen-bond donors (Lipinski definition) is 1. The van der Waals surface area contributed by atoms with Gasteiger partial charge in [-0.1, -0.05) is 6.07 Å². The summed E-state index contributed by atoms with van der Waals surface area (Å²) in [6.45, 7) is 0. The smallest absolute Gasteiger partial charge is 0.132 e. The van der Waals surface area contributed by atoms with Gasteiger partial charge in [-0.3, -0.25) is 0 Å². The molecule has 0 amide bonds. The van der Waals surface area contributed by atoms with Crippen LogP contribution in [-0.4, -0.2) is 7.11 Å². The Morgan fingerprint density at radius 1 is 1.38 bits per heavy atom. The average Bonchev–Trinajstić information content (AvgIpc) is 2.81. The molecule has 4 heteroatoms. The maximum atomic E-state index is 13.7. The molecule has 0 saturated heterocycles. The summed E-state index contributed by atoms with van der Waals surface area (Å²) in [7, 11) is 1.49. The van der Waals surface area contributed by atoms with Crippen LogP contribution in [0.2, 0.25) is 0 Å². The van der Waals surface area contributed by atoms with Crippen LogP contribution in [0.1, 0.15) is 17.2 Å². The van der Waals surface area contributed by atoms with Crippen molar-refractivity contribution in [2.75, 3.05) is 7.11 Å². The molecule has 0 saturated carbocycles. The van der Waals surface area contributed by atoms with Crippen molar-refractivity contribution in [1.29, 1.82) is 0 Å². The van der Waals surface area contributed by atoms with Gasteiger partial charge in [0.05, 0.1) is 25.7 Å². The predicted molar refractivity (Wildman–Crippen MR) is 57.7 cm³/mol. The normalized spacial score (nSPS) is 12.4. The summed E-state index contributed by atoms with van der Waals surface area (Å²) >= 11 is 0. The maximum absolute atomic E-state index is 13.7. The molecule has 2 rings (SSSR count). The van der Waals surface area contributed by atoms with E-state index < -0.39 is 6.04 Å². The molecule has 0 aliphatic carbocycles. The number of nitrogens with two attached hydrogens (primary N) is 1. The number of halogens is 1. The fourth-order valence-electron chi connectivity index (χ4n) is 1.52. The van der Waals surface area contributed by atoms with E-state index >= 15 is 0 Å². The molecule has 16 heavy (non-hydrogen) atoms. The van der Waals surface area contributed by atoms with Crippen molar-refractivity contribution in [3.63, 3.8) is 0 Å². The summed E-state index contributed by atoms with van der Waals surface area (Å²) in [5.41, 5.74) is 7.07. The van der Waals surface area contributed by atoms with E-state index in [9.17, 15) is 4.39 Å². The molecule has 1 aromatic carbocycles. The first-order chi connectivity index (χ1) is 7.72. The van der Waals surface area contributed by atoms with E-state index in [4.69, 9.17) is 14.9 Å². The molecule has 2 N–H and O–H groups in total. The number of rotatable bonds is 3. The molecule has 1 aromatic heterocycles. The molecule has 0 radical (unpaired) electrons. The fraction of sp³-hybridized carbons (Fsp3) is 0.167. The molecule has 0 fully saturated rings. The van der Waals surface area contributed by atoms with Crippen LogP contribution in [0.15, 0.2) is 41.2 Å². The van der Waals surface area contributed by atoms with E-state index in [0.29, 0.717) is 11.3 Å². The minimum Gasteiger partial charge on any atom is -0.497 e. The van der Waals surface area contributed by atoms with Crippen LogP contribution in [-0.2, 0) is 0 Å². The van der Waals surface area contributed by atoms with Crippen LogP contribution in [0.25, 0.3) is 0 Å². The summed E-state index contributed by atoms with van der Waals surface area (Å²) < 4.78 is 23.5. The second-order valence-corrected chi connectivity index (χ2v) is 3.42. The van der Waals surface area contributed by atoms with Crippen molar-refractivity contribution in [3.05, 3.63) is 53.7 Å². The van der Waals surface area contributed by atoms with Gasteiger partial charge >= 0.3 is 0 Å². The molecular weight excluding hydrogens is 209 g/mol. The molecular formula is C12H12FNO2. The topological polar surface area (TPSA) is 48.4 Å². The van der Waals surface area contributed by atoms with Gasteiger partial charge in [-0.25, -0.2) is 4.39 Å². The van der Waals surface area contributed by atoms with Crippen molar-refractivity contribution < 1.29 is 13.5 Å². The van der Waals surface area contributed by atoms with Crippen LogP contribution < -0.4 is 10.5 Å². The van der Waals surface area contributed by atoms with Crippen LogP contribution >= 0.6 is 0 Å². The lowest BCUT2D eigenvalue weighted by Crippen LogP contribution is -2.12. The van der Waals surface area contributed by atoms with E-state index in [2.05, 4.69) is 0 Å². The Bertz CT molecular complexity index is 468. The van der Waals surface area contributed by atoms with Gasteiger partial charge in [0.15, 0.2) is 0 Å². The third kappa shape index (κ3) is 1.92. The first-order valence-electron chi connectivity index (χ1n) is 4.83. The van der Waals surface area contributed by atoms with E-state index in [-0.39, 0.29) is 5.82 Å². The van der Waals surface area contributed by atoms with Crippen molar-refractivity contribution >= 4 is 0 Å². The Kier molecular flexibility index (Phi) is 2.92. The van der Waals surface area contributed by atoms with E-state index in [1.165, 1.54) is 25.7 Å². The van der Waals surface area contributed by atoms with Crippen LogP contribution in [0.4, 0.5) is 4.39 Å². The highest BCUT2D eigenvalue weighted by Gasteiger charge is 2.15. The first kappa shape index (κ1) is 10.7. The van der Waals surface area contributed by atoms with E-state index in [1.54, 1.807) is 18.2 Å². The maximum Gasteiger partial charge on any atom is 0.132 e. The summed E-state index contributed by atoms with van der Waals surface area (Å²) in [5, 5.41) is 0. The summed E-state index contributed by atoms with van der Waals surface area (Å²) in [4.78, 5) is 0. The SMILES string of the molecule is COc1ccc(C(N)c2ccoc2)c(F)c1. The summed E-state index contributed by atoms with van der Waals surface area (Å²) in [6.07, 6.45) is 3.02. The van der Waals surface area contributed by atoms with E-state index in [0.717, 1.165) is 5.56 Å². The lowest BCUT2D eigenvalue weighted by atomic mass is 10.0. The summed E-state index contributed by atoms with van der Waals surface area (Å²) in [5.74, 6) is 0.0914. The highest BCUT2D eigenvalue weighted by Crippen LogP contribution is 2.25. The van der Waals surface area contributed by atoms with Crippen LogP contribution in [0, 0.1) is 5.82 Å². The first-order valence-corrected chi connectivity index (χ1v) is 4.83. The molecule has 2 aromatic rings. The van der Waals surface area contributed by atoms with Gasteiger partial charge in [-0.15, -0.1) is 0 Å². The average molecular weight is 221 g/mol. The molecule has 0 aliphatic rings. The number of methoxy groups -OCH3 is 1.